The number of rotatable bonds is 4. The Morgan fingerprint density at radius 1 is 1.56 bits per heavy atom. The third-order valence-electron chi connectivity index (χ3n) is 2.14. The zero-order valence-electron chi connectivity index (χ0n) is 9.37. The van der Waals surface area contributed by atoms with Gasteiger partial charge in [0.05, 0.1) is 12.6 Å². The molecule has 1 aromatic rings. The number of halogens is 2. The highest BCUT2D eigenvalue weighted by molar-refractivity contribution is 7.76. The minimum absolute atomic E-state index is 0.0998. The number of hydrogen-bond acceptors (Lipinski definition) is 3. The fourth-order valence-corrected chi connectivity index (χ4v) is 1.44. The van der Waals surface area contributed by atoms with Gasteiger partial charge in [-0.25, -0.2) is 8.78 Å². The normalized spacial score (nSPS) is 10.8. The van der Waals surface area contributed by atoms with Crippen molar-refractivity contribution in [2.75, 3.05) is 0 Å². The number of allylic oxidation sites excluding steroid dienone is 1. The number of ether oxygens (including phenoxy) is 1. The maximum atomic E-state index is 13.6. The molecule has 0 atom stereocenters. The van der Waals surface area contributed by atoms with Crippen molar-refractivity contribution in [3.05, 3.63) is 48.0 Å². The SMILES string of the molecule is C=CCC(F)(F)c1cccc(C(=N)OC(=O)[SH2+])c1. The predicted molar refractivity (Wildman–Crippen MR) is 68.6 cm³/mol. The Morgan fingerprint density at radius 3 is 2.78 bits per heavy atom. The molecule has 6 heteroatoms. The summed E-state index contributed by atoms with van der Waals surface area (Å²) in [6.45, 7) is 3.27. The van der Waals surface area contributed by atoms with E-state index in [1.807, 2.05) is 0 Å². The zero-order chi connectivity index (χ0) is 13.8. The van der Waals surface area contributed by atoms with E-state index in [2.05, 4.69) is 23.9 Å². The molecule has 0 fully saturated rings. The molecule has 0 saturated heterocycles. The van der Waals surface area contributed by atoms with Gasteiger partial charge in [-0.3, -0.25) is 5.41 Å². The van der Waals surface area contributed by atoms with Crippen LogP contribution in [0.15, 0.2) is 36.9 Å². The molecule has 0 aliphatic heterocycles. The molecule has 0 heterocycles. The Labute approximate surface area is 108 Å². The smallest absolute Gasteiger partial charge is 0.367 e. The molecule has 0 aliphatic rings. The first-order valence-corrected chi connectivity index (χ1v) is 5.48. The zero-order valence-corrected chi connectivity index (χ0v) is 10.4. The molecule has 1 N–H and O–H groups in total. The summed E-state index contributed by atoms with van der Waals surface area (Å²) in [4.78, 5) is 10.6. The van der Waals surface area contributed by atoms with Gasteiger partial charge in [-0.15, -0.1) is 6.58 Å². The quantitative estimate of drug-likeness (QED) is 0.301. The average Bonchev–Trinajstić information content (AvgIpc) is 2.28. The van der Waals surface area contributed by atoms with E-state index >= 15 is 0 Å². The molecular weight excluding hydrogens is 260 g/mol. The van der Waals surface area contributed by atoms with Crippen molar-refractivity contribution in [3.63, 3.8) is 0 Å². The Hall–Kier alpha value is -1.69. The molecule has 0 amide bonds. The Morgan fingerprint density at radius 2 is 2.22 bits per heavy atom. The average molecular weight is 272 g/mol. The second-order valence-electron chi connectivity index (χ2n) is 3.50. The van der Waals surface area contributed by atoms with E-state index in [0.29, 0.717) is 0 Å². The Bertz CT molecular complexity index is 489. The minimum atomic E-state index is -3.06. The number of carbonyl (C=O) groups is 1. The van der Waals surface area contributed by atoms with Crippen molar-refractivity contribution in [2.45, 2.75) is 12.3 Å². The summed E-state index contributed by atoms with van der Waals surface area (Å²) in [6, 6.07) is 5.14. The Balaban J connectivity index is 3.02. The second-order valence-corrected chi connectivity index (χ2v) is 3.90. The highest BCUT2D eigenvalue weighted by atomic mass is 32.1. The van der Waals surface area contributed by atoms with Crippen LogP contribution in [0.25, 0.3) is 0 Å². The summed E-state index contributed by atoms with van der Waals surface area (Å²) in [5, 5.41) is 6.57. The van der Waals surface area contributed by atoms with E-state index in [-0.39, 0.29) is 11.1 Å². The van der Waals surface area contributed by atoms with Gasteiger partial charge in [-0.1, -0.05) is 18.2 Å². The lowest BCUT2D eigenvalue weighted by molar-refractivity contribution is -0.000867. The van der Waals surface area contributed by atoms with Gasteiger partial charge in [-0.05, 0) is 12.1 Å². The molecule has 0 radical (unpaired) electrons. The van der Waals surface area contributed by atoms with Gasteiger partial charge in [0.15, 0.2) is 0 Å². The minimum Gasteiger partial charge on any atom is -0.367 e. The van der Waals surface area contributed by atoms with E-state index in [9.17, 15) is 13.6 Å². The maximum Gasteiger partial charge on any atom is 0.527 e. The standard InChI is InChI=1S/C12H11F2NO2S/c1-2-6-12(13,14)9-5-3-4-8(7-9)10(15)17-11(16)18/h2-5,7,15H,1,6H2,(H,16,18)/p+1. The molecule has 0 spiro atoms. The summed E-state index contributed by atoms with van der Waals surface area (Å²) in [6.07, 6.45) is 0.623. The van der Waals surface area contributed by atoms with Gasteiger partial charge in [-0.2, -0.15) is 4.79 Å². The summed E-state index contributed by atoms with van der Waals surface area (Å²) in [5.41, 5.74) is -0.155. The van der Waals surface area contributed by atoms with Crippen LogP contribution in [0.4, 0.5) is 13.6 Å². The van der Waals surface area contributed by atoms with E-state index in [1.54, 1.807) is 0 Å². The van der Waals surface area contributed by atoms with Gasteiger partial charge >= 0.3 is 5.30 Å². The summed E-state index contributed by atoms with van der Waals surface area (Å²) >= 11 is 2.54. The van der Waals surface area contributed by atoms with Crippen molar-refractivity contribution in [2.24, 2.45) is 0 Å². The van der Waals surface area contributed by atoms with Crippen LogP contribution >= 0.6 is 0 Å². The van der Waals surface area contributed by atoms with Crippen LogP contribution in [0.5, 0.6) is 0 Å². The first kappa shape index (κ1) is 14.4. The number of nitrogens with one attached hydrogen (secondary N) is 1. The van der Waals surface area contributed by atoms with E-state index in [0.717, 1.165) is 12.1 Å². The molecule has 0 aromatic heterocycles. The second kappa shape index (κ2) is 5.77. The molecular formula is C12H12F2NO2S+. The lowest BCUT2D eigenvalue weighted by atomic mass is 10.0. The van der Waals surface area contributed by atoms with Crippen LogP contribution in [0, 0.1) is 5.41 Å². The van der Waals surface area contributed by atoms with Crippen LogP contribution in [0.1, 0.15) is 17.5 Å². The third-order valence-corrected chi connectivity index (χ3v) is 2.24. The predicted octanol–water partition coefficient (Wildman–Crippen LogP) is 2.83. The molecule has 0 bridgehead atoms. The number of carbonyl (C=O) groups excluding carboxylic acids is 1. The number of alkyl halides is 2. The van der Waals surface area contributed by atoms with Crippen molar-refractivity contribution in [3.8, 4) is 0 Å². The Kier molecular flexibility index (Phi) is 4.61. The lowest BCUT2D eigenvalue weighted by Crippen LogP contribution is -2.14. The van der Waals surface area contributed by atoms with Gasteiger partial charge in [0.2, 0.25) is 5.90 Å². The fourth-order valence-electron chi connectivity index (χ4n) is 1.34. The van der Waals surface area contributed by atoms with Crippen LogP contribution in [0.2, 0.25) is 0 Å². The first-order chi connectivity index (χ1) is 8.36. The summed E-state index contributed by atoms with van der Waals surface area (Å²) in [7, 11) is 0. The largest absolute Gasteiger partial charge is 0.527 e. The molecule has 0 unspecified atom stereocenters. The van der Waals surface area contributed by atoms with Crippen LogP contribution in [-0.4, -0.2) is 11.2 Å². The van der Waals surface area contributed by atoms with E-state index < -0.39 is 23.5 Å². The van der Waals surface area contributed by atoms with E-state index in [4.69, 9.17) is 5.41 Å². The number of benzene rings is 1. The summed E-state index contributed by atoms with van der Waals surface area (Å²) < 4.78 is 31.7. The first-order valence-electron chi connectivity index (χ1n) is 4.98. The molecule has 1 rings (SSSR count). The molecule has 96 valence electrons. The topological polar surface area (TPSA) is 50.1 Å². The maximum absolute atomic E-state index is 13.6. The third kappa shape index (κ3) is 3.66. The molecule has 18 heavy (non-hydrogen) atoms. The van der Waals surface area contributed by atoms with Gasteiger partial charge in [0.25, 0.3) is 5.92 Å². The van der Waals surface area contributed by atoms with Crippen LogP contribution < -0.4 is 0 Å². The van der Waals surface area contributed by atoms with Gasteiger partial charge in [0.1, 0.15) is 0 Å². The highest BCUT2D eigenvalue weighted by Crippen LogP contribution is 2.32. The fraction of sp³-hybridized carbons (Fsp3) is 0.167. The molecule has 1 aromatic carbocycles. The van der Waals surface area contributed by atoms with Gasteiger partial charge < -0.3 is 4.74 Å². The van der Waals surface area contributed by atoms with Crippen LogP contribution in [0.3, 0.4) is 0 Å². The monoisotopic (exact) mass is 272 g/mol. The highest BCUT2D eigenvalue weighted by Gasteiger charge is 2.30. The molecule has 0 saturated carbocycles. The molecule has 3 nitrogen and oxygen atoms in total. The molecule has 0 aliphatic carbocycles. The van der Waals surface area contributed by atoms with Crippen molar-refractivity contribution < 1.29 is 18.3 Å². The van der Waals surface area contributed by atoms with Crippen molar-refractivity contribution >= 4 is 23.8 Å². The van der Waals surface area contributed by atoms with Crippen LogP contribution in [-0.2, 0) is 23.3 Å². The summed E-state index contributed by atoms with van der Waals surface area (Å²) in [5.74, 6) is -3.55. The van der Waals surface area contributed by atoms with E-state index in [1.165, 1.54) is 18.2 Å². The van der Waals surface area contributed by atoms with Crippen molar-refractivity contribution in [1.29, 1.82) is 5.41 Å². The number of hydrogen-bond donors (Lipinski definition) is 1. The lowest BCUT2D eigenvalue weighted by Gasteiger charge is -2.15. The van der Waals surface area contributed by atoms with Crippen molar-refractivity contribution in [1.82, 2.24) is 0 Å². The van der Waals surface area contributed by atoms with Gasteiger partial charge in [0, 0.05) is 17.5 Å².